The molecule has 0 aromatic carbocycles. The Bertz CT molecular complexity index is 433. The van der Waals surface area contributed by atoms with E-state index in [1.54, 1.807) is 17.3 Å². The molecule has 1 fully saturated rings. The fourth-order valence-corrected chi connectivity index (χ4v) is 2.35. The fourth-order valence-electron chi connectivity index (χ4n) is 2.35. The number of hydrogen-bond acceptors (Lipinski definition) is 3. The van der Waals surface area contributed by atoms with E-state index in [4.69, 9.17) is 0 Å². The largest absolute Gasteiger partial charge is 0.323 e. The van der Waals surface area contributed by atoms with Crippen molar-refractivity contribution in [3.63, 3.8) is 0 Å². The number of pyridine rings is 1. The first-order valence-electron chi connectivity index (χ1n) is 5.00. The van der Waals surface area contributed by atoms with Crippen LogP contribution in [0.2, 0.25) is 0 Å². The fraction of sp³-hybridized carbons (Fsp3) is 0.400. The SMILES string of the molecule is CC12NCCN1C(=O)Nc1ccncc12. The molecule has 1 atom stereocenters. The van der Waals surface area contributed by atoms with Crippen LogP contribution in [-0.4, -0.2) is 29.0 Å². The zero-order valence-corrected chi connectivity index (χ0v) is 8.45. The molecule has 2 aliphatic heterocycles. The van der Waals surface area contributed by atoms with E-state index in [0.29, 0.717) is 0 Å². The number of carbonyl (C=O) groups is 1. The van der Waals surface area contributed by atoms with Gasteiger partial charge in [0.2, 0.25) is 0 Å². The van der Waals surface area contributed by atoms with Crippen LogP contribution < -0.4 is 10.6 Å². The van der Waals surface area contributed by atoms with Crippen molar-refractivity contribution in [2.75, 3.05) is 18.4 Å². The first-order valence-corrected chi connectivity index (χ1v) is 5.00. The minimum absolute atomic E-state index is 0.0406. The van der Waals surface area contributed by atoms with Gasteiger partial charge in [0.1, 0.15) is 5.66 Å². The third kappa shape index (κ3) is 1.01. The van der Waals surface area contributed by atoms with Crippen molar-refractivity contribution in [3.05, 3.63) is 24.0 Å². The van der Waals surface area contributed by atoms with Crippen LogP contribution >= 0.6 is 0 Å². The molecule has 1 saturated heterocycles. The predicted octanol–water partition coefficient (Wildman–Crippen LogP) is 0.705. The van der Waals surface area contributed by atoms with Crippen molar-refractivity contribution in [1.82, 2.24) is 15.2 Å². The molecule has 2 amide bonds. The first kappa shape index (κ1) is 8.67. The van der Waals surface area contributed by atoms with Gasteiger partial charge in [0.05, 0.1) is 5.69 Å². The van der Waals surface area contributed by atoms with E-state index in [1.807, 2.05) is 13.0 Å². The van der Waals surface area contributed by atoms with Gasteiger partial charge in [-0.05, 0) is 13.0 Å². The van der Waals surface area contributed by atoms with Crippen molar-refractivity contribution in [3.8, 4) is 0 Å². The molecular formula is C10H12N4O. The summed E-state index contributed by atoms with van der Waals surface area (Å²) in [6.45, 7) is 3.56. The maximum absolute atomic E-state index is 11.8. The Morgan fingerprint density at radius 3 is 3.33 bits per heavy atom. The summed E-state index contributed by atoms with van der Waals surface area (Å²) >= 11 is 0. The molecule has 0 saturated carbocycles. The molecule has 0 aliphatic carbocycles. The third-order valence-electron chi connectivity index (χ3n) is 3.18. The molecule has 1 unspecified atom stereocenters. The van der Waals surface area contributed by atoms with Gasteiger partial charge >= 0.3 is 6.03 Å². The van der Waals surface area contributed by atoms with Gasteiger partial charge < -0.3 is 10.2 Å². The number of rotatable bonds is 0. The van der Waals surface area contributed by atoms with Gasteiger partial charge in [-0.2, -0.15) is 0 Å². The number of anilines is 1. The molecule has 2 aliphatic rings. The summed E-state index contributed by atoms with van der Waals surface area (Å²) in [7, 11) is 0. The number of hydrogen-bond donors (Lipinski definition) is 2. The maximum Gasteiger partial charge on any atom is 0.323 e. The number of nitrogens with zero attached hydrogens (tertiary/aromatic N) is 2. The van der Waals surface area contributed by atoms with E-state index >= 15 is 0 Å². The molecule has 1 aromatic rings. The quantitative estimate of drug-likeness (QED) is 0.654. The smallest absolute Gasteiger partial charge is 0.307 e. The maximum atomic E-state index is 11.8. The molecule has 1 aromatic heterocycles. The van der Waals surface area contributed by atoms with E-state index in [-0.39, 0.29) is 6.03 Å². The predicted molar refractivity (Wildman–Crippen MR) is 55.3 cm³/mol. The highest BCUT2D eigenvalue weighted by molar-refractivity contribution is 5.93. The van der Waals surface area contributed by atoms with Crippen molar-refractivity contribution in [2.24, 2.45) is 0 Å². The van der Waals surface area contributed by atoms with Gasteiger partial charge in [-0.25, -0.2) is 4.79 Å². The van der Waals surface area contributed by atoms with Crippen LogP contribution in [0.3, 0.4) is 0 Å². The lowest BCUT2D eigenvalue weighted by atomic mass is 9.99. The minimum atomic E-state index is -0.397. The third-order valence-corrected chi connectivity index (χ3v) is 3.18. The minimum Gasteiger partial charge on any atom is -0.307 e. The first-order chi connectivity index (χ1) is 7.22. The lowest BCUT2D eigenvalue weighted by molar-refractivity contribution is 0.152. The number of carbonyl (C=O) groups excluding carboxylic acids is 1. The second-order valence-corrected chi connectivity index (χ2v) is 4.00. The highest BCUT2D eigenvalue weighted by Gasteiger charge is 2.45. The second-order valence-electron chi connectivity index (χ2n) is 4.00. The molecule has 3 heterocycles. The standard InChI is InChI=1S/C10H12N4O/c1-10-7-6-11-3-2-8(7)13-9(15)14(10)5-4-12-10/h2-3,6,12H,4-5H2,1H3,(H,13,15). The van der Waals surface area contributed by atoms with Crippen LogP contribution in [0.1, 0.15) is 12.5 Å². The van der Waals surface area contributed by atoms with Crippen LogP contribution in [0.4, 0.5) is 10.5 Å². The van der Waals surface area contributed by atoms with Crippen molar-refractivity contribution >= 4 is 11.7 Å². The second kappa shape index (κ2) is 2.70. The summed E-state index contributed by atoms with van der Waals surface area (Å²) in [5.74, 6) is 0. The Morgan fingerprint density at radius 2 is 2.47 bits per heavy atom. The number of fused-ring (bicyclic) bond motifs is 3. The zero-order chi connectivity index (χ0) is 10.5. The van der Waals surface area contributed by atoms with Crippen LogP contribution in [0, 0.1) is 0 Å². The Balaban J connectivity index is 2.20. The average Bonchev–Trinajstić information content (AvgIpc) is 2.62. The number of amides is 2. The van der Waals surface area contributed by atoms with Gasteiger partial charge in [-0.3, -0.25) is 10.3 Å². The van der Waals surface area contributed by atoms with Gasteiger partial charge in [-0.15, -0.1) is 0 Å². The summed E-state index contributed by atoms with van der Waals surface area (Å²) in [4.78, 5) is 17.7. The van der Waals surface area contributed by atoms with E-state index < -0.39 is 5.66 Å². The Hall–Kier alpha value is -1.62. The van der Waals surface area contributed by atoms with Crippen LogP contribution in [-0.2, 0) is 5.66 Å². The summed E-state index contributed by atoms with van der Waals surface area (Å²) in [6, 6.07) is 1.79. The lowest BCUT2D eigenvalue weighted by Crippen LogP contribution is -2.53. The monoisotopic (exact) mass is 204 g/mol. The number of nitrogens with one attached hydrogen (secondary N) is 2. The van der Waals surface area contributed by atoms with E-state index in [1.165, 1.54) is 0 Å². The number of urea groups is 1. The van der Waals surface area contributed by atoms with Crippen LogP contribution in [0.5, 0.6) is 0 Å². The zero-order valence-electron chi connectivity index (χ0n) is 8.45. The van der Waals surface area contributed by atoms with Crippen LogP contribution in [0.25, 0.3) is 0 Å². The summed E-state index contributed by atoms with van der Waals surface area (Å²) in [5, 5.41) is 6.21. The molecule has 2 N–H and O–H groups in total. The highest BCUT2D eigenvalue weighted by atomic mass is 16.2. The van der Waals surface area contributed by atoms with E-state index in [2.05, 4.69) is 15.6 Å². The molecule has 0 radical (unpaired) electrons. The molecule has 0 bridgehead atoms. The molecule has 15 heavy (non-hydrogen) atoms. The van der Waals surface area contributed by atoms with Crippen molar-refractivity contribution in [1.29, 1.82) is 0 Å². The Kier molecular flexibility index (Phi) is 1.56. The lowest BCUT2D eigenvalue weighted by Gasteiger charge is -2.40. The van der Waals surface area contributed by atoms with Crippen molar-refractivity contribution < 1.29 is 4.79 Å². The molecule has 3 rings (SSSR count). The Morgan fingerprint density at radius 1 is 1.60 bits per heavy atom. The molecular weight excluding hydrogens is 192 g/mol. The molecule has 5 nitrogen and oxygen atoms in total. The highest BCUT2D eigenvalue weighted by Crippen LogP contribution is 2.37. The Labute approximate surface area is 87.5 Å². The van der Waals surface area contributed by atoms with Gasteiger partial charge in [0.15, 0.2) is 0 Å². The summed E-state index contributed by atoms with van der Waals surface area (Å²) in [5.41, 5.74) is 1.48. The van der Waals surface area contributed by atoms with Crippen LogP contribution in [0.15, 0.2) is 18.5 Å². The molecule has 78 valence electrons. The average molecular weight is 204 g/mol. The van der Waals surface area contributed by atoms with E-state index in [0.717, 1.165) is 24.3 Å². The molecule has 5 heteroatoms. The summed E-state index contributed by atoms with van der Waals surface area (Å²) < 4.78 is 0. The summed E-state index contributed by atoms with van der Waals surface area (Å²) in [6.07, 6.45) is 3.49. The topological polar surface area (TPSA) is 57.3 Å². The normalized spacial score (nSPS) is 28.3. The number of aromatic nitrogens is 1. The van der Waals surface area contributed by atoms with Gasteiger partial charge in [-0.1, -0.05) is 0 Å². The van der Waals surface area contributed by atoms with Gasteiger partial charge in [0.25, 0.3) is 0 Å². The van der Waals surface area contributed by atoms with Gasteiger partial charge in [0, 0.05) is 31.0 Å². The molecule has 0 spiro atoms. The van der Waals surface area contributed by atoms with Crippen molar-refractivity contribution in [2.45, 2.75) is 12.6 Å². The van der Waals surface area contributed by atoms with E-state index in [9.17, 15) is 4.79 Å².